The van der Waals surface area contributed by atoms with Crippen molar-refractivity contribution in [1.82, 2.24) is 4.98 Å². The van der Waals surface area contributed by atoms with Gasteiger partial charge in [-0.05, 0) is 48.5 Å². The summed E-state index contributed by atoms with van der Waals surface area (Å²) in [6, 6.07) is 10.3. The van der Waals surface area contributed by atoms with Gasteiger partial charge in [0.1, 0.15) is 11.8 Å². The second-order valence-electron chi connectivity index (χ2n) is 8.81. The van der Waals surface area contributed by atoms with Crippen LogP contribution < -0.4 is 30.6 Å². The molecule has 1 aromatic heterocycles. The first kappa shape index (κ1) is 29.9. The first-order valence-electron chi connectivity index (χ1n) is 12.2. The zero-order chi connectivity index (χ0) is 30.4. The maximum absolute atomic E-state index is 14.9. The van der Waals surface area contributed by atoms with E-state index in [0.717, 1.165) is 30.3 Å². The Bertz CT molecular complexity index is 1600. The van der Waals surface area contributed by atoms with Gasteiger partial charge in [0.25, 0.3) is 0 Å². The van der Waals surface area contributed by atoms with E-state index in [1.54, 1.807) is 12.1 Å². The number of benzene rings is 3. The number of rotatable bonds is 10. The van der Waals surface area contributed by atoms with Crippen molar-refractivity contribution in [3.05, 3.63) is 78.2 Å². The second kappa shape index (κ2) is 12.6. The summed E-state index contributed by atoms with van der Waals surface area (Å²) in [6.45, 7) is 0.0134. The Morgan fingerprint density at radius 3 is 2.29 bits per heavy atom. The lowest BCUT2D eigenvalue weighted by molar-refractivity contribution is -0.139. The highest BCUT2D eigenvalue weighted by Gasteiger charge is 2.30. The molecule has 0 bridgehead atoms. The van der Waals surface area contributed by atoms with Crippen molar-refractivity contribution in [3.63, 3.8) is 0 Å². The summed E-state index contributed by atoms with van der Waals surface area (Å²) in [4.78, 5) is 27.4. The third kappa shape index (κ3) is 7.34. The van der Waals surface area contributed by atoms with Crippen molar-refractivity contribution in [2.75, 3.05) is 24.4 Å². The summed E-state index contributed by atoms with van der Waals surface area (Å²) in [7, 11) is 1.41. The van der Waals surface area contributed by atoms with Crippen molar-refractivity contribution < 1.29 is 46.5 Å². The van der Waals surface area contributed by atoms with Crippen molar-refractivity contribution in [3.8, 4) is 23.0 Å². The molecular formula is C28H24F4N4O6. The molecule has 1 heterocycles. The number of carbonyl (C=O) groups is 2. The second-order valence-corrected chi connectivity index (χ2v) is 8.81. The van der Waals surface area contributed by atoms with E-state index in [2.05, 4.69) is 15.6 Å². The van der Waals surface area contributed by atoms with Crippen LogP contribution in [0.2, 0.25) is 0 Å². The Balaban J connectivity index is 1.45. The monoisotopic (exact) mass is 588 g/mol. The fraction of sp³-hybridized carbons (Fsp3) is 0.179. The van der Waals surface area contributed by atoms with Crippen molar-refractivity contribution in [2.24, 2.45) is 5.73 Å². The molecule has 2 amide bonds. The number of methoxy groups -OCH3 is 1. The van der Waals surface area contributed by atoms with Gasteiger partial charge in [0.05, 0.1) is 24.8 Å². The lowest BCUT2D eigenvalue weighted by atomic mass is 10.1. The number of hydrogen-bond donors (Lipinski definition) is 4. The number of anilines is 2. The van der Waals surface area contributed by atoms with Crippen LogP contribution in [0, 0.1) is 5.82 Å². The molecule has 1 atom stereocenters. The van der Waals surface area contributed by atoms with E-state index in [0.29, 0.717) is 22.4 Å². The molecule has 0 aliphatic rings. The first-order valence-corrected chi connectivity index (χ1v) is 12.2. The van der Waals surface area contributed by atoms with Crippen LogP contribution >= 0.6 is 0 Å². The molecule has 0 aliphatic carbocycles. The summed E-state index contributed by atoms with van der Waals surface area (Å²) < 4.78 is 69.9. The van der Waals surface area contributed by atoms with Gasteiger partial charge in [0.15, 0.2) is 23.1 Å². The van der Waals surface area contributed by atoms with Crippen LogP contribution in [0.1, 0.15) is 12.0 Å². The third-order valence-electron chi connectivity index (χ3n) is 5.87. The topological polar surface area (TPSA) is 145 Å². The minimum Gasteiger partial charge on any atom is -0.493 e. The van der Waals surface area contributed by atoms with Crippen LogP contribution in [0.15, 0.2) is 66.9 Å². The van der Waals surface area contributed by atoms with Gasteiger partial charge in [0, 0.05) is 41.5 Å². The Morgan fingerprint density at radius 1 is 0.952 bits per heavy atom. The first-order chi connectivity index (χ1) is 19.9. The lowest BCUT2D eigenvalue weighted by Crippen LogP contribution is -2.31. The third-order valence-corrected chi connectivity index (χ3v) is 5.87. The number of carbonyl (C=O) groups excluding carboxylic acids is 1. The molecule has 0 aliphatic heterocycles. The van der Waals surface area contributed by atoms with E-state index in [1.165, 1.54) is 31.5 Å². The number of carboxylic acid groups (broad SMARTS) is 1. The van der Waals surface area contributed by atoms with Gasteiger partial charge in [-0.15, -0.1) is 0 Å². The molecule has 3 aromatic carbocycles. The largest absolute Gasteiger partial charge is 0.493 e. The van der Waals surface area contributed by atoms with Gasteiger partial charge in [-0.2, -0.15) is 13.2 Å². The van der Waals surface area contributed by atoms with Crippen molar-refractivity contribution in [1.29, 1.82) is 0 Å². The highest BCUT2D eigenvalue weighted by Crippen LogP contribution is 2.38. The number of amides is 2. The van der Waals surface area contributed by atoms with E-state index in [1.807, 2.05) is 0 Å². The summed E-state index contributed by atoms with van der Waals surface area (Å²) >= 11 is 0. The molecule has 0 saturated carbocycles. The maximum atomic E-state index is 14.9. The van der Waals surface area contributed by atoms with Gasteiger partial charge in [-0.1, -0.05) is 0 Å². The van der Waals surface area contributed by atoms with Crippen LogP contribution in [-0.2, 0) is 11.0 Å². The standard InChI is InChI=1S/C28H24F4N4O6/c1-40-24-13-18-21(14-25(24)41-11-9-20(33)26(37)38)34-10-8-22(18)42-23-7-6-17(12-19(23)29)36-27(39)35-16-4-2-15(3-5-16)28(30,31)32/h2-8,10,12-14,20H,9,11,33H2,1H3,(H,37,38)(H2,35,36,39). The molecule has 1 unspecified atom stereocenters. The van der Waals surface area contributed by atoms with Crippen LogP contribution in [0.25, 0.3) is 10.9 Å². The predicted octanol–water partition coefficient (Wildman–Crippen LogP) is 6.02. The molecule has 0 spiro atoms. The average molecular weight is 589 g/mol. The number of carboxylic acids is 1. The highest BCUT2D eigenvalue weighted by molar-refractivity contribution is 5.99. The molecular weight excluding hydrogens is 564 g/mol. The molecule has 4 rings (SSSR count). The van der Waals surface area contributed by atoms with E-state index < -0.39 is 35.6 Å². The van der Waals surface area contributed by atoms with E-state index in [9.17, 15) is 27.2 Å². The average Bonchev–Trinajstić information content (AvgIpc) is 2.93. The maximum Gasteiger partial charge on any atom is 0.416 e. The Labute approximate surface area is 236 Å². The van der Waals surface area contributed by atoms with E-state index >= 15 is 0 Å². The van der Waals surface area contributed by atoms with Gasteiger partial charge in [0.2, 0.25) is 0 Å². The molecule has 5 N–H and O–H groups in total. The molecule has 14 heteroatoms. The van der Waals surface area contributed by atoms with Crippen LogP contribution in [0.3, 0.4) is 0 Å². The minimum atomic E-state index is -4.51. The number of nitrogens with zero attached hydrogens (tertiary/aromatic N) is 1. The number of alkyl halides is 3. The number of pyridine rings is 1. The van der Waals surface area contributed by atoms with Gasteiger partial charge < -0.3 is 35.7 Å². The predicted molar refractivity (Wildman–Crippen MR) is 145 cm³/mol. The van der Waals surface area contributed by atoms with Crippen LogP contribution in [0.4, 0.5) is 33.7 Å². The van der Waals surface area contributed by atoms with Crippen LogP contribution in [0.5, 0.6) is 23.0 Å². The number of urea groups is 1. The number of halogens is 4. The fourth-order valence-corrected chi connectivity index (χ4v) is 3.72. The van der Waals surface area contributed by atoms with Gasteiger partial charge in [-0.25, -0.2) is 9.18 Å². The molecule has 0 saturated heterocycles. The van der Waals surface area contributed by atoms with Gasteiger partial charge >= 0.3 is 18.2 Å². The zero-order valence-corrected chi connectivity index (χ0v) is 21.9. The number of nitrogens with one attached hydrogen (secondary N) is 2. The summed E-state index contributed by atoms with van der Waals surface area (Å²) in [5.74, 6) is -1.30. The highest BCUT2D eigenvalue weighted by atomic mass is 19.4. The Morgan fingerprint density at radius 2 is 1.64 bits per heavy atom. The van der Waals surface area contributed by atoms with Gasteiger partial charge in [-0.3, -0.25) is 9.78 Å². The molecule has 220 valence electrons. The van der Waals surface area contributed by atoms with E-state index in [4.69, 9.17) is 25.1 Å². The smallest absolute Gasteiger partial charge is 0.416 e. The summed E-state index contributed by atoms with van der Waals surface area (Å²) in [6.07, 6.45) is -3.00. The summed E-state index contributed by atoms with van der Waals surface area (Å²) in [5, 5.41) is 14.2. The SMILES string of the molecule is COc1cc2c(Oc3ccc(NC(=O)Nc4ccc(C(F)(F)F)cc4)cc3F)ccnc2cc1OCCC(N)C(=O)O. The van der Waals surface area contributed by atoms with Crippen molar-refractivity contribution in [2.45, 2.75) is 18.6 Å². The van der Waals surface area contributed by atoms with E-state index in [-0.39, 0.29) is 35.9 Å². The molecule has 0 radical (unpaired) electrons. The number of aliphatic carboxylic acids is 1. The summed E-state index contributed by atoms with van der Waals surface area (Å²) in [5.41, 5.74) is 5.23. The molecule has 0 fully saturated rings. The lowest BCUT2D eigenvalue weighted by Gasteiger charge is -2.15. The zero-order valence-electron chi connectivity index (χ0n) is 21.9. The number of nitrogens with two attached hydrogens (primary N) is 1. The fourth-order valence-electron chi connectivity index (χ4n) is 3.72. The normalized spacial score (nSPS) is 12.0. The quantitative estimate of drug-likeness (QED) is 0.165. The molecule has 4 aromatic rings. The Kier molecular flexibility index (Phi) is 8.96. The number of hydrogen-bond acceptors (Lipinski definition) is 7. The molecule has 10 nitrogen and oxygen atoms in total. The molecule has 42 heavy (non-hydrogen) atoms. The number of aromatic nitrogens is 1. The van der Waals surface area contributed by atoms with Crippen molar-refractivity contribution >= 4 is 34.3 Å². The number of fused-ring (bicyclic) bond motifs is 1. The Hall–Kier alpha value is -5.11. The van der Waals surface area contributed by atoms with Crippen LogP contribution in [-0.4, -0.2) is 41.8 Å². The number of ether oxygens (including phenoxy) is 3. The minimum absolute atomic E-state index is 0.0134.